The standard InChI is InChI=1S/C28H36F2N6O3/c1-17-22(14-32-34-17)24(25(38)33-19-9-11-28(29,30)12-10-19)36(20-7-5-18(6-8-20)27(2,3)4)26(39)23-13-21(37)15-35(23)16-31/h5-8,14,19,21,23-24,37H,9-13,15H2,1-4H3,(H,32,34)(H,33,38). The molecule has 3 unspecified atom stereocenters. The fourth-order valence-electron chi connectivity index (χ4n) is 5.34. The molecule has 2 heterocycles. The number of nitrogens with zero attached hydrogens (tertiary/aromatic N) is 4. The molecular weight excluding hydrogens is 506 g/mol. The van der Waals surface area contributed by atoms with Gasteiger partial charge in [0.25, 0.3) is 5.91 Å². The second-order valence-electron chi connectivity index (χ2n) is 11.7. The summed E-state index contributed by atoms with van der Waals surface area (Å²) in [5.41, 5.74) is 2.32. The Kier molecular flexibility index (Phi) is 7.98. The lowest BCUT2D eigenvalue weighted by Gasteiger charge is -2.36. The van der Waals surface area contributed by atoms with Crippen LogP contribution in [0.5, 0.6) is 0 Å². The zero-order valence-electron chi connectivity index (χ0n) is 22.7. The number of aryl methyl sites for hydroxylation is 1. The SMILES string of the molecule is Cc1[nH]ncc1C(C(=O)NC1CCC(F)(F)CC1)N(C(=O)C1CC(O)CN1C#N)c1ccc(C(C)(C)C)cc1. The maximum absolute atomic E-state index is 14.2. The molecule has 1 aromatic heterocycles. The van der Waals surface area contributed by atoms with Gasteiger partial charge in [-0.3, -0.25) is 24.5 Å². The van der Waals surface area contributed by atoms with Crippen molar-refractivity contribution in [2.75, 3.05) is 11.4 Å². The molecule has 9 nitrogen and oxygen atoms in total. The topological polar surface area (TPSA) is 125 Å². The molecule has 0 radical (unpaired) electrons. The fourth-order valence-corrected chi connectivity index (χ4v) is 5.34. The number of likely N-dealkylation sites (tertiary alicyclic amines) is 1. The number of carbonyl (C=O) groups is 2. The second-order valence-corrected chi connectivity index (χ2v) is 11.7. The lowest BCUT2D eigenvalue weighted by molar-refractivity contribution is -0.129. The molecule has 2 aliphatic rings. The summed E-state index contributed by atoms with van der Waals surface area (Å²) in [6, 6.07) is 4.69. The molecule has 1 aromatic carbocycles. The quantitative estimate of drug-likeness (QED) is 0.478. The molecule has 0 spiro atoms. The highest BCUT2D eigenvalue weighted by molar-refractivity contribution is 6.04. The van der Waals surface area contributed by atoms with E-state index in [1.807, 2.05) is 18.3 Å². The molecule has 2 amide bonds. The zero-order valence-corrected chi connectivity index (χ0v) is 22.7. The normalized spacial score (nSPS) is 22.3. The van der Waals surface area contributed by atoms with Crippen molar-refractivity contribution in [1.29, 1.82) is 5.26 Å². The third kappa shape index (κ3) is 6.22. The van der Waals surface area contributed by atoms with Crippen LogP contribution >= 0.6 is 0 Å². The fraction of sp³-hybridized carbons (Fsp3) is 0.571. The van der Waals surface area contributed by atoms with Crippen molar-refractivity contribution >= 4 is 17.5 Å². The summed E-state index contributed by atoms with van der Waals surface area (Å²) in [4.78, 5) is 30.7. The van der Waals surface area contributed by atoms with Crippen LogP contribution < -0.4 is 10.2 Å². The van der Waals surface area contributed by atoms with Gasteiger partial charge < -0.3 is 10.4 Å². The van der Waals surface area contributed by atoms with Crippen LogP contribution in [0.1, 0.15) is 75.7 Å². The average molecular weight is 543 g/mol. The molecule has 3 N–H and O–H groups in total. The summed E-state index contributed by atoms with van der Waals surface area (Å²) >= 11 is 0. The Balaban J connectivity index is 1.76. The van der Waals surface area contributed by atoms with Gasteiger partial charge in [0.2, 0.25) is 11.8 Å². The number of hydrogen-bond donors (Lipinski definition) is 3. The number of aliphatic hydroxyl groups excluding tert-OH is 1. The van der Waals surface area contributed by atoms with E-state index in [0.29, 0.717) is 16.9 Å². The highest BCUT2D eigenvalue weighted by Gasteiger charge is 2.44. The smallest absolute Gasteiger partial charge is 0.251 e. The van der Waals surface area contributed by atoms with Crippen LogP contribution in [-0.4, -0.2) is 62.7 Å². The number of amides is 2. The number of aliphatic hydroxyl groups is 1. The van der Waals surface area contributed by atoms with Crippen LogP contribution in [0.3, 0.4) is 0 Å². The summed E-state index contributed by atoms with van der Waals surface area (Å²) < 4.78 is 27.5. The van der Waals surface area contributed by atoms with E-state index in [0.717, 1.165) is 5.56 Å². The molecule has 39 heavy (non-hydrogen) atoms. The lowest BCUT2D eigenvalue weighted by Crippen LogP contribution is -2.52. The molecule has 0 bridgehead atoms. The number of H-pyrrole nitrogens is 1. The highest BCUT2D eigenvalue weighted by atomic mass is 19.3. The van der Waals surface area contributed by atoms with Crippen molar-refractivity contribution in [2.45, 2.75) is 95.4 Å². The number of β-amino-alcohol motifs (C(OH)–C–C–N with tert-alkyl or cyclic N) is 1. The van der Waals surface area contributed by atoms with Gasteiger partial charge in [0.15, 0.2) is 6.19 Å². The summed E-state index contributed by atoms with van der Waals surface area (Å²) in [5.74, 6) is -3.79. The van der Waals surface area contributed by atoms with Gasteiger partial charge in [-0.25, -0.2) is 8.78 Å². The monoisotopic (exact) mass is 542 g/mol. The van der Waals surface area contributed by atoms with Crippen LogP contribution in [0.4, 0.5) is 14.5 Å². The van der Waals surface area contributed by atoms with E-state index in [4.69, 9.17) is 0 Å². The van der Waals surface area contributed by atoms with Gasteiger partial charge in [0, 0.05) is 42.2 Å². The number of alkyl halides is 2. The third-order valence-electron chi connectivity index (χ3n) is 7.67. The predicted octanol–water partition coefficient (Wildman–Crippen LogP) is 3.70. The van der Waals surface area contributed by atoms with Crippen LogP contribution in [0, 0.1) is 18.4 Å². The molecule has 1 aliphatic carbocycles. The van der Waals surface area contributed by atoms with Crippen molar-refractivity contribution in [3.8, 4) is 6.19 Å². The van der Waals surface area contributed by atoms with Crippen molar-refractivity contribution < 1.29 is 23.5 Å². The minimum Gasteiger partial charge on any atom is -0.391 e. The van der Waals surface area contributed by atoms with E-state index in [1.165, 1.54) is 16.0 Å². The first kappa shape index (κ1) is 28.5. The van der Waals surface area contributed by atoms with Crippen LogP contribution in [0.25, 0.3) is 0 Å². The van der Waals surface area contributed by atoms with E-state index in [-0.39, 0.29) is 44.1 Å². The molecule has 1 aliphatic heterocycles. The molecule has 210 valence electrons. The molecule has 4 rings (SSSR count). The van der Waals surface area contributed by atoms with Gasteiger partial charge in [0.1, 0.15) is 12.1 Å². The van der Waals surface area contributed by atoms with Gasteiger partial charge in [-0.1, -0.05) is 32.9 Å². The Morgan fingerprint density at radius 2 is 1.90 bits per heavy atom. The first-order valence-corrected chi connectivity index (χ1v) is 13.3. The number of aromatic nitrogens is 2. The zero-order chi connectivity index (χ0) is 28.5. The molecule has 1 saturated heterocycles. The van der Waals surface area contributed by atoms with E-state index >= 15 is 0 Å². The summed E-state index contributed by atoms with van der Waals surface area (Å²) in [6.45, 7) is 7.94. The van der Waals surface area contributed by atoms with Crippen molar-refractivity contribution in [3.63, 3.8) is 0 Å². The minimum atomic E-state index is -2.75. The number of aromatic amines is 1. The second kappa shape index (κ2) is 10.9. The summed E-state index contributed by atoms with van der Waals surface area (Å²) in [6.07, 6.45) is 2.25. The Morgan fingerprint density at radius 3 is 2.44 bits per heavy atom. The van der Waals surface area contributed by atoms with E-state index in [9.17, 15) is 28.7 Å². The molecule has 2 fully saturated rings. The number of nitriles is 1. The molecule has 3 atom stereocenters. The number of carbonyl (C=O) groups excluding carboxylic acids is 2. The Labute approximate surface area is 227 Å². The average Bonchev–Trinajstić information content (AvgIpc) is 3.47. The van der Waals surface area contributed by atoms with Gasteiger partial charge in [-0.05, 0) is 42.9 Å². The number of benzene rings is 1. The largest absolute Gasteiger partial charge is 0.391 e. The van der Waals surface area contributed by atoms with E-state index in [1.54, 1.807) is 19.1 Å². The minimum absolute atomic E-state index is 0.0155. The number of rotatable bonds is 6. The van der Waals surface area contributed by atoms with Crippen LogP contribution in [0.15, 0.2) is 30.5 Å². The van der Waals surface area contributed by atoms with Crippen LogP contribution in [0.2, 0.25) is 0 Å². The van der Waals surface area contributed by atoms with Gasteiger partial charge in [-0.2, -0.15) is 10.4 Å². The maximum Gasteiger partial charge on any atom is 0.251 e. The Morgan fingerprint density at radius 1 is 1.26 bits per heavy atom. The molecule has 2 aromatic rings. The number of anilines is 1. The van der Waals surface area contributed by atoms with E-state index < -0.39 is 42.0 Å². The van der Waals surface area contributed by atoms with Gasteiger partial charge in [0.05, 0.1) is 18.8 Å². The van der Waals surface area contributed by atoms with Gasteiger partial charge >= 0.3 is 0 Å². The third-order valence-corrected chi connectivity index (χ3v) is 7.67. The van der Waals surface area contributed by atoms with E-state index in [2.05, 4.69) is 36.3 Å². The highest BCUT2D eigenvalue weighted by Crippen LogP contribution is 2.36. The number of nitrogens with one attached hydrogen (secondary N) is 2. The first-order valence-electron chi connectivity index (χ1n) is 13.3. The van der Waals surface area contributed by atoms with Crippen molar-refractivity contribution in [1.82, 2.24) is 20.4 Å². The summed E-state index contributed by atoms with van der Waals surface area (Å²) in [7, 11) is 0. The summed E-state index contributed by atoms with van der Waals surface area (Å²) in [5, 5.41) is 29.7. The maximum atomic E-state index is 14.2. The van der Waals surface area contributed by atoms with Crippen molar-refractivity contribution in [2.24, 2.45) is 0 Å². The molecule has 11 heteroatoms. The number of hydrogen-bond acceptors (Lipinski definition) is 6. The Hall–Kier alpha value is -3.52. The molecular formula is C28H36F2N6O3. The predicted molar refractivity (Wildman–Crippen MR) is 141 cm³/mol. The van der Waals surface area contributed by atoms with Crippen LogP contribution in [-0.2, 0) is 15.0 Å². The number of halogens is 2. The first-order chi connectivity index (χ1) is 18.3. The molecule has 1 saturated carbocycles. The Bertz CT molecular complexity index is 1220. The van der Waals surface area contributed by atoms with Gasteiger partial charge in [-0.15, -0.1) is 0 Å². The van der Waals surface area contributed by atoms with Crippen molar-refractivity contribution in [3.05, 3.63) is 47.3 Å². The lowest BCUT2D eigenvalue weighted by atomic mass is 9.87.